The largest absolute Gasteiger partial charge is 0.481 e. The zero-order chi connectivity index (χ0) is 19.3. The number of likely N-dealkylation sites (tertiary alicyclic amines) is 1. The van der Waals surface area contributed by atoms with Crippen LogP contribution in [0.3, 0.4) is 0 Å². The summed E-state index contributed by atoms with van der Waals surface area (Å²) in [4.78, 5) is 10.4. The van der Waals surface area contributed by atoms with Gasteiger partial charge in [0.2, 0.25) is 11.8 Å². The Bertz CT molecular complexity index is 1010. The molecule has 6 nitrogen and oxygen atoms in total. The quantitative estimate of drug-likeness (QED) is 0.729. The molecule has 1 saturated heterocycles. The topological polar surface area (TPSA) is 62.4 Å². The number of aromatic nitrogens is 2. The van der Waals surface area contributed by atoms with Crippen molar-refractivity contribution < 1.29 is 9.47 Å². The highest BCUT2D eigenvalue weighted by Crippen LogP contribution is 2.43. The lowest BCUT2D eigenvalue weighted by molar-refractivity contribution is 0.147. The summed E-state index contributed by atoms with van der Waals surface area (Å²) in [5.41, 5.74) is 5.09. The van der Waals surface area contributed by atoms with E-state index in [-0.39, 0.29) is 0 Å². The van der Waals surface area contributed by atoms with Crippen molar-refractivity contribution in [3.63, 3.8) is 0 Å². The number of hydrogen-bond acceptors (Lipinski definition) is 5. The highest BCUT2D eigenvalue weighted by molar-refractivity contribution is 5.88. The number of rotatable bonds is 4. The predicted molar refractivity (Wildman–Crippen MR) is 111 cm³/mol. The maximum atomic E-state index is 5.47. The molecule has 2 N–H and O–H groups in total. The Hall–Kier alpha value is -2.73. The molecule has 1 aromatic carbocycles. The molecule has 1 aliphatic carbocycles. The summed E-state index contributed by atoms with van der Waals surface area (Å²) >= 11 is 0. The lowest BCUT2D eigenvalue weighted by Crippen LogP contribution is -2.51. The first kappa shape index (κ1) is 17.4. The van der Waals surface area contributed by atoms with Crippen LogP contribution in [0.5, 0.6) is 11.8 Å². The third-order valence-electron chi connectivity index (χ3n) is 6.32. The number of hydrogen-bond donors (Lipinski definition) is 2. The number of fused-ring (bicyclic) bond motifs is 2. The first-order valence-electron chi connectivity index (χ1n) is 9.82. The summed E-state index contributed by atoms with van der Waals surface area (Å²) in [6.45, 7) is 0.992. The van der Waals surface area contributed by atoms with Crippen LogP contribution in [0.25, 0.3) is 10.9 Å². The van der Waals surface area contributed by atoms with Gasteiger partial charge in [-0.3, -0.25) is 0 Å². The number of piperidine rings is 1. The Balaban J connectivity index is 1.45. The lowest BCUT2D eigenvalue weighted by Gasteiger charge is -2.46. The van der Waals surface area contributed by atoms with Gasteiger partial charge in [0.25, 0.3) is 0 Å². The first-order chi connectivity index (χ1) is 13.7. The van der Waals surface area contributed by atoms with Crippen LogP contribution in [0.15, 0.2) is 36.5 Å². The van der Waals surface area contributed by atoms with E-state index in [9.17, 15) is 0 Å². The van der Waals surface area contributed by atoms with E-state index in [1.165, 1.54) is 22.0 Å². The number of ether oxygens (including phenoxy) is 2. The highest BCUT2D eigenvalue weighted by Gasteiger charge is 2.39. The van der Waals surface area contributed by atoms with Gasteiger partial charge in [-0.05, 0) is 43.1 Å². The highest BCUT2D eigenvalue weighted by atomic mass is 16.5. The number of pyridine rings is 1. The summed E-state index contributed by atoms with van der Waals surface area (Å²) < 4.78 is 10.7. The van der Waals surface area contributed by atoms with Crippen molar-refractivity contribution in [3.05, 3.63) is 47.7 Å². The standard InChI is InChI=1S/C22H26N4O2/c1-26-12-14(24-18-7-8-20(27-2)25-22(18)28-3)10-16-15-5-4-6-17-21(15)13(11-23-17)9-19(16)26/h4-8,11,14,16,19,23-24H,9-10,12H2,1-3H3/t14-,16-,19-/m1/s1. The van der Waals surface area contributed by atoms with Crippen molar-refractivity contribution >= 4 is 16.6 Å². The third-order valence-corrected chi connectivity index (χ3v) is 6.32. The Labute approximate surface area is 164 Å². The van der Waals surface area contributed by atoms with E-state index >= 15 is 0 Å². The van der Waals surface area contributed by atoms with Crippen molar-refractivity contribution in [3.8, 4) is 11.8 Å². The van der Waals surface area contributed by atoms with Gasteiger partial charge < -0.3 is 24.7 Å². The van der Waals surface area contributed by atoms with Crippen LogP contribution in [0, 0.1) is 0 Å². The summed E-state index contributed by atoms with van der Waals surface area (Å²) in [6.07, 6.45) is 4.39. The smallest absolute Gasteiger partial charge is 0.240 e. The molecule has 0 saturated carbocycles. The van der Waals surface area contributed by atoms with Crippen LogP contribution in [0.2, 0.25) is 0 Å². The van der Waals surface area contributed by atoms with Crippen LogP contribution in [-0.4, -0.2) is 54.8 Å². The molecule has 0 radical (unpaired) electrons. The number of aromatic amines is 1. The molecule has 2 aliphatic rings. The Morgan fingerprint density at radius 1 is 1.18 bits per heavy atom. The molecule has 1 fully saturated rings. The summed E-state index contributed by atoms with van der Waals surface area (Å²) in [6, 6.07) is 11.4. The fourth-order valence-corrected chi connectivity index (χ4v) is 5.07. The molecule has 3 aromatic rings. The Morgan fingerprint density at radius 3 is 2.89 bits per heavy atom. The molecule has 5 rings (SSSR count). The van der Waals surface area contributed by atoms with Gasteiger partial charge in [-0.1, -0.05) is 12.1 Å². The number of nitrogens with zero attached hydrogens (tertiary/aromatic N) is 2. The summed E-state index contributed by atoms with van der Waals surface area (Å²) in [5, 5.41) is 5.10. The SMILES string of the molecule is COc1ccc(N[C@@H]2C[C@@H]3c4cccc5[nH]cc(c45)C[C@H]3N(C)C2)c(OC)n1. The lowest BCUT2D eigenvalue weighted by atomic mass is 9.74. The minimum atomic E-state index is 0.325. The van der Waals surface area contributed by atoms with Crippen LogP contribution in [-0.2, 0) is 6.42 Å². The van der Waals surface area contributed by atoms with Gasteiger partial charge in [0.1, 0.15) is 0 Å². The molecule has 0 unspecified atom stereocenters. The zero-order valence-corrected chi connectivity index (χ0v) is 16.5. The molecule has 0 bridgehead atoms. The van der Waals surface area contributed by atoms with Gasteiger partial charge >= 0.3 is 0 Å². The third kappa shape index (κ3) is 2.71. The number of anilines is 1. The van der Waals surface area contributed by atoms with Crippen LogP contribution >= 0.6 is 0 Å². The van der Waals surface area contributed by atoms with Gasteiger partial charge in [0.15, 0.2) is 0 Å². The van der Waals surface area contributed by atoms with E-state index in [0.717, 1.165) is 25.1 Å². The predicted octanol–water partition coefficient (Wildman–Crippen LogP) is 3.40. The maximum absolute atomic E-state index is 5.47. The average molecular weight is 378 g/mol. The normalized spacial score (nSPS) is 24.0. The number of H-pyrrole nitrogens is 1. The fraction of sp³-hybridized carbons (Fsp3) is 0.409. The molecular formula is C22H26N4O2. The van der Waals surface area contributed by atoms with E-state index in [1.54, 1.807) is 14.2 Å². The molecule has 146 valence electrons. The zero-order valence-electron chi connectivity index (χ0n) is 16.5. The van der Waals surface area contributed by atoms with E-state index in [2.05, 4.69) is 51.6 Å². The van der Waals surface area contributed by atoms with Gasteiger partial charge in [-0.25, -0.2) is 0 Å². The second-order valence-corrected chi connectivity index (χ2v) is 7.89. The van der Waals surface area contributed by atoms with Gasteiger partial charge in [0, 0.05) is 47.7 Å². The van der Waals surface area contributed by atoms with Gasteiger partial charge in [0.05, 0.1) is 19.9 Å². The minimum absolute atomic E-state index is 0.325. The van der Waals surface area contributed by atoms with Gasteiger partial charge in [-0.15, -0.1) is 0 Å². The summed E-state index contributed by atoms with van der Waals surface area (Å²) in [7, 11) is 5.50. The van der Waals surface area contributed by atoms with E-state index < -0.39 is 0 Å². The van der Waals surface area contributed by atoms with E-state index in [1.807, 2.05) is 12.1 Å². The van der Waals surface area contributed by atoms with Crippen molar-refractivity contribution in [2.24, 2.45) is 0 Å². The maximum Gasteiger partial charge on any atom is 0.240 e. The molecule has 3 heterocycles. The molecule has 0 amide bonds. The number of likely N-dealkylation sites (N-methyl/N-ethyl adjacent to an activating group) is 1. The first-order valence-corrected chi connectivity index (χ1v) is 9.82. The van der Waals surface area contributed by atoms with E-state index in [4.69, 9.17) is 9.47 Å². The molecule has 0 spiro atoms. The van der Waals surface area contributed by atoms with E-state index in [0.29, 0.717) is 29.8 Å². The second kappa shape index (κ2) is 6.71. The molecule has 1 aliphatic heterocycles. The molecular weight excluding hydrogens is 352 g/mol. The van der Waals surface area contributed by atoms with Crippen LogP contribution in [0.1, 0.15) is 23.5 Å². The molecule has 6 heteroatoms. The number of methoxy groups -OCH3 is 2. The monoisotopic (exact) mass is 378 g/mol. The second-order valence-electron chi connectivity index (χ2n) is 7.89. The van der Waals surface area contributed by atoms with Crippen molar-refractivity contribution in [1.29, 1.82) is 0 Å². The molecule has 28 heavy (non-hydrogen) atoms. The van der Waals surface area contributed by atoms with Crippen LogP contribution < -0.4 is 14.8 Å². The molecule has 2 aromatic heterocycles. The number of benzene rings is 1. The molecule has 3 atom stereocenters. The van der Waals surface area contributed by atoms with Gasteiger partial charge in [-0.2, -0.15) is 4.98 Å². The van der Waals surface area contributed by atoms with Crippen molar-refractivity contribution in [2.75, 3.05) is 33.1 Å². The Kier molecular flexibility index (Phi) is 4.16. The minimum Gasteiger partial charge on any atom is -0.481 e. The average Bonchev–Trinajstić information content (AvgIpc) is 3.13. The Morgan fingerprint density at radius 2 is 2.07 bits per heavy atom. The van der Waals surface area contributed by atoms with Crippen molar-refractivity contribution in [1.82, 2.24) is 14.9 Å². The summed E-state index contributed by atoms with van der Waals surface area (Å²) in [5.74, 6) is 1.64. The fourth-order valence-electron chi connectivity index (χ4n) is 5.07. The number of nitrogens with one attached hydrogen (secondary N) is 2. The van der Waals surface area contributed by atoms with Crippen molar-refractivity contribution in [2.45, 2.75) is 30.8 Å². The van der Waals surface area contributed by atoms with Crippen LogP contribution in [0.4, 0.5) is 5.69 Å².